The molecule has 0 aromatic heterocycles. The molecule has 0 saturated heterocycles. The van der Waals surface area contributed by atoms with Crippen molar-refractivity contribution >= 4 is 5.97 Å². The molecule has 0 unspecified atom stereocenters. The molecule has 0 bridgehead atoms. The summed E-state index contributed by atoms with van der Waals surface area (Å²) in [6, 6.07) is 15.0. The number of benzene rings is 2. The minimum atomic E-state index is -0.423. The van der Waals surface area contributed by atoms with Crippen LogP contribution < -0.4 is 9.47 Å². The third-order valence-corrected chi connectivity index (χ3v) is 2.91. The molecule has 0 aliphatic carbocycles. The smallest absolute Gasteiger partial charge is 0.341 e. The predicted octanol–water partition coefficient (Wildman–Crippen LogP) is 3.45. The zero-order valence-corrected chi connectivity index (χ0v) is 12.2. The molecule has 0 N–H and O–H groups in total. The Bertz CT molecular complexity index is 593. The normalized spacial score (nSPS) is 10.0. The van der Waals surface area contributed by atoms with Crippen LogP contribution in [0.3, 0.4) is 0 Å². The van der Waals surface area contributed by atoms with Crippen molar-refractivity contribution in [2.24, 2.45) is 0 Å². The first-order valence-corrected chi connectivity index (χ1v) is 6.76. The Morgan fingerprint density at radius 1 is 1.05 bits per heavy atom. The van der Waals surface area contributed by atoms with Crippen molar-refractivity contribution < 1.29 is 19.0 Å². The summed E-state index contributed by atoms with van der Waals surface area (Å²) in [6.45, 7) is 2.79. The third kappa shape index (κ3) is 3.99. The SMILES string of the molecule is CCOc1cc(OCc2ccccc2)ccc1C(=O)OC. The fourth-order valence-corrected chi connectivity index (χ4v) is 1.89. The molecule has 0 amide bonds. The maximum Gasteiger partial charge on any atom is 0.341 e. The van der Waals surface area contributed by atoms with Gasteiger partial charge in [0.2, 0.25) is 0 Å². The van der Waals surface area contributed by atoms with Crippen LogP contribution in [0, 0.1) is 0 Å². The number of methoxy groups -OCH3 is 1. The first kappa shape index (κ1) is 14.9. The quantitative estimate of drug-likeness (QED) is 0.763. The van der Waals surface area contributed by atoms with E-state index in [0.29, 0.717) is 30.3 Å². The third-order valence-electron chi connectivity index (χ3n) is 2.91. The summed E-state index contributed by atoms with van der Waals surface area (Å²) in [6.07, 6.45) is 0. The largest absolute Gasteiger partial charge is 0.493 e. The fraction of sp³-hybridized carbons (Fsp3) is 0.235. The average molecular weight is 286 g/mol. The molecule has 2 aromatic rings. The van der Waals surface area contributed by atoms with E-state index in [1.165, 1.54) is 7.11 Å². The van der Waals surface area contributed by atoms with Gasteiger partial charge in [-0.05, 0) is 24.6 Å². The topological polar surface area (TPSA) is 44.8 Å². The highest BCUT2D eigenvalue weighted by atomic mass is 16.5. The molecular weight excluding hydrogens is 268 g/mol. The molecule has 110 valence electrons. The van der Waals surface area contributed by atoms with Crippen LogP contribution in [-0.4, -0.2) is 19.7 Å². The highest BCUT2D eigenvalue weighted by molar-refractivity contribution is 5.92. The second kappa shape index (κ2) is 7.33. The first-order chi connectivity index (χ1) is 10.2. The van der Waals surface area contributed by atoms with Crippen molar-refractivity contribution in [2.45, 2.75) is 13.5 Å². The van der Waals surface area contributed by atoms with Crippen LogP contribution in [0.15, 0.2) is 48.5 Å². The summed E-state index contributed by atoms with van der Waals surface area (Å²) in [5.41, 5.74) is 1.47. The second-order valence-corrected chi connectivity index (χ2v) is 4.36. The standard InChI is InChI=1S/C17H18O4/c1-3-20-16-11-14(9-10-15(16)17(18)19-2)21-12-13-7-5-4-6-8-13/h4-11H,3,12H2,1-2H3. The van der Waals surface area contributed by atoms with E-state index in [0.717, 1.165) is 5.56 Å². The van der Waals surface area contributed by atoms with Crippen LogP contribution in [0.5, 0.6) is 11.5 Å². The summed E-state index contributed by atoms with van der Waals surface area (Å²) < 4.78 is 15.9. The first-order valence-electron chi connectivity index (χ1n) is 6.76. The molecule has 0 radical (unpaired) electrons. The molecule has 4 heteroatoms. The molecule has 0 spiro atoms. The summed E-state index contributed by atoms with van der Waals surface area (Å²) in [4.78, 5) is 11.7. The number of carbonyl (C=O) groups excluding carboxylic acids is 1. The monoisotopic (exact) mass is 286 g/mol. The van der Waals surface area contributed by atoms with Gasteiger partial charge in [-0.1, -0.05) is 30.3 Å². The Balaban J connectivity index is 2.13. The van der Waals surface area contributed by atoms with Crippen LogP contribution in [0.1, 0.15) is 22.8 Å². The summed E-state index contributed by atoms with van der Waals surface area (Å²) in [7, 11) is 1.35. The van der Waals surface area contributed by atoms with Crippen molar-refractivity contribution in [1.82, 2.24) is 0 Å². The predicted molar refractivity (Wildman–Crippen MR) is 79.7 cm³/mol. The van der Waals surface area contributed by atoms with Gasteiger partial charge in [-0.3, -0.25) is 0 Å². The van der Waals surface area contributed by atoms with Crippen LogP contribution in [0.4, 0.5) is 0 Å². The van der Waals surface area contributed by atoms with Crippen molar-refractivity contribution in [1.29, 1.82) is 0 Å². The molecule has 0 heterocycles. The number of hydrogen-bond donors (Lipinski definition) is 0. The van der Waals surface area contributed by atoms with Gasteiger partial charge in [-0.25, -0.2) is 4.79 Å². The van der Waals surface area contributed by atoms with Gasteiger partial charge in [-0.15, -0.1) is 0 Å². The zero-order chi connectivity index (χ0) is 15.1. The maximum atomic E-state index is 11.7. The molecule has 0 saturated carbocycles. The fourth-order valence-electron chi connectivity index (χ4n) is 1.89. The molecule has 0 atom stereocenters. The van der Waals surface area contributed by atoms with E-state index in [9.17, 15) is 4.79 Å². The number of hydrogen-bond acceptors (Lipinski definition) is 4. The van der Waals surface area contributed by atoms with E-state index in [1.54, 1.807) is 18.2 Å². The Hall–Kier alpha value is -2.49. The Labute approximate surface area is 124 Å². The Kier molecular flexibility index (Phi) is 5.21. The van der Waals surface area contributed by atoms with Gasteiger partial charge in [0.1, 0.15) is 23.7 Å². The molecule has 4 nitrogen and oxygen atoms in total. The van der Waals surface area contributed by atoms with Gasteiger partial charge >= 0.3 is 5.97 Å². The molecule has 0 aliphatic rings. The Morgan fingerprint density at radius 3 is 2.48 bits per heavy atom. The second-order valence-electron chi connectivity index (χ2n) is 4.36. The lowest BCUT2D eigenvalue weighted by Crippen LogP contribution is -2.06. The minimum absolute atomic E-state index is 0.395. The molecule has 21 heavy (non-hydrogen) atoms. The van der Waals surface area contributed by atoms with Gasteiger partial charge < -0.3 is 14.2 Å². The van der Waals surface area contributed by atoms with Crippen molar-refractivity contribution in [3.63, 3.8) is 0 Å². The number of carbonyl (C=O) groups is 1. The van der Waals surface area contributed by atoms with E-state index in [1.807, 2.05) is 37.3 Å². The number of rotatable bonds is 6. The summed E-state index contributed by atoms with van der Waals surface area (Å²) in [5.74, 6) is 0.693. The van der Waals surface area contributed by atoms with Gasteiger partial charge in [0, 0.05) is 6.07 Å². The van der Waals surface area contributed by atoms with Crippen molar-refractivity contribution in [3.8, 4) is 11.5 Å². The van der Waals surface area contributed by atoms with E-state index < -0.39 is 5.97 Å². The van der Waals surface area contributed by atoms with Gasteiger partial charge in [0.15, 0.2) is 0 Å². The van der Waals surface area contributed by atoms with Gasteiger partial charge in [-0.2, -0.15) is 0 Å². The van der Waals surface area contributed by atoms with Crippen LogP contribution in [-0.2, 0) is 11.3 Å². The molecule has 0 aliphatic heterocycles. The average Bonchev–Trinajstić information content (AvgIpc) is 2.54. The lowest BCUT2D eigenvalue weighted by atomic mass is 10.2. The lowest BCUT2D eigenvalue weighted by molar-refractivity contribution is 0.0596. The lowest BCUT2D eigenvalue weighted by Gasteiger charge is -2.12. The zero-order valence-electron chi connectivity index (χ0n) is 12.2. The van der Waals surface area contributed by atoms with Crippen molar-refractivity contribution in [3.05, 3.63) is 59.7 Å². The van der Waals surface area contributed by atoms with Gasteiger partial charge in [0.25, 0.3) is 0 Å². The molecule has 2 aromatic carbocycles. The van der Waals surface area contributed by atoms with Crippen molar-refractivity contribution in [2.75, 3.05) is 13.7 Å². The molecule has 2 rings (SSSR count). The van der Waals surface area contributed by atoms with Crippen LogP contribution >= 0.6 is 0 Å². The minimum Gasteiger partial charge on any atom is -0.493 e. The number of ether oxygens (including phenoxy) is 3. The maximum absolute atomic E-state index is 11.7. The summed E-state index contributed by atoms with van der Waals surface area (Å²) in [5, 5.41) is 0. The Morgan fingerprint density at radius 2 is 1.81 bits per heavy atom. The van der Waals surface area contributed by atoms with E-state index in [2.05, 4.69) is 0 Å². The van der Waals surface area contributed by atoms with E-state index >= 15 is 0 Å². The summed E-state index contributed by atoms with van der Waals surface area (Å²) >= 11 is 0. The molecular formula is C17H18O4. The van der Waals surface area contributed by atoms with Crippen LogP contribution in [0.2, 0.25) is 0 Å². The number of esters is 1. The molecule has 0 fully saturated rings. The highest BCUT2D eigenvalue weighted by Gasteiger charge is 2.14. The van der Waals surface area contributed by atoms with E-state index in [-0.39, 0.29) is 0 Å². The van der Waals surface area contributed by atoms with E-state index in [4.69, 9.17) is 14.2 Å². The van der Waals surface area contributed by atoms with Gasteiger partial charge in [0.05, 0.1) is 13.7 Å². The van der Waals surface area contributed by atoms with Crippen LogP contribution in [0.25, 0.3) is 0 Å². The highest BCUT2D eigenvalue weighted by Crippen LogP contribution is 2.26.